The van der Waals surface area contributed by atoms with Gasteiger partial charge in [0, 0.05) is 12.5 Å². The summed E-state index contributed by atoms with van der Waals surface area (Å²) in [6.07, 6.45) is 0.240. The monoisotopic (exact) mass is 305 g/mol. The number of amides is 1. The van der Waals surface area contributed by atoms with Crippen molar-refractivity contribution in [3.05, 3.63) is 35.9 Å². The van der Waals surface area contributed by atoms with Crippen molar-refractivity contribution >= 4 is 12.1 Å². The first-order valence-electron chi connectivity index (χ1n) is 7.46. The summed E-state index contributed by atoms with van der Waals surface area (Å²) in [4.78, 5) is 26.1. The van der Waals surface area contributed by atoms with Crippen molar-refractivity contribution in [3.8, 4) is 0 Å². The highest BCUT2D eigenvalue weighted by atomic mass is 16.6. The molecule has 1 aliphatic rings. The van der Waals surface area contributed by atoms with Gasteiger partial charge in [-0.1, -0.05) is 30.3 Å². The van der Waals surface area contributed by atoms with Crippen LogP contribution in [0.4, 0.5) is 4.79 Å². The van der Waals surface area contributed by atoms with Gasteiger partial charge in [-0.05, 0) is 32.8 Å². The number of benzene rings is 1. The third-order valence-electron chi connectivity index (χ3n) is 3.70. The summed E-state index contributed by atoms with van der Waals surface area (Å²) in [7, 11) is 1.34. The average Bonchev–Trinajstić information content (AvgIpc) is 2.90. The second-order valence-corrected chi connectivity index (χ2v) is 6.45. The van der Waals surface area contributed by atoms with Crippen LogP contribution in [-0.2, 0) is 14.3 Å². The Morgan fingerprint density at radius 3 is 2.36 bits per heavy atom. The minimum atomic E-state index is -0.637. The van der Waals surface area contributed by atoms with Crippen molar-refractivity contribution in [2.45, 2.75) is 44.8 Å². The predicted molar refractivity (Wildman–Crippen MR) is 82.5 cm³/mol. The van der Waals surface area contributed by atoms with E-state index in [2.05, 4.69) is 0 Å². The first-order chi connectivity index (χ1) is 10.3. The van der Waals surface area contributed by atoms with Crippen molar-refractivity contribution in [1.29, 1.82) is 0 Å². The lowest BCUT2D eigenvalue weighted by atomic mass is 9.92. The molecule has 120 valence electrons. The molecule has 2 atom stereocenters. The summed E-state index contributed by atoms with van der Waals surface area (Å²) in [5, 5.41) is 0. The van der Waals surface area contributed by atoms with Crippen LogP contribution >= 0.6 is 0 Å². The van der Waals surface area contributed by atoms with Gasteiger partial charge in [0.15, 0.2) is 0 Å². The number of hydrogen-bond donors (Lipinski definition) is 0. The Bertz CT molecular complexity index is 535. The third-order valence-corrected chi connectivity index (χ3v) is 3.70. The number of rotatable bonds is 2. The maximum atomic E-state index is 12.4. The van der Waals surface area contributed by atoms with Gasteiger partial charge in [-0.2, -0.15) is 0 Å². The van der Waals surface area contributed by atoms with Gasteiger partial charge in [0.1, 0.15) is 11.6 Å². The maximum Gasteiger partial charge on any atom is 0.411 e. The molecule has 5 nitrogen and oxygen atoms in total. The summed E-state index contributed by atoms with van der Waals surface area (Å²) in [5.74, 6) is -0.474. The molecule has 0 aromatic heterocycles. The van der Waals surface area contributed by atoms with Gasteiger partial charge in [0.25, 0.3) is 0 Å². The van der Waals surface area contributed by atoms with E-state index >= 15 is 0 Å². The Labute approximate surface area is 131 Å². The van der Waals surface area contributed by atoms with Crippen LogP contribution in [0.25, 0.3) is 0 Å². The molecule has 0 spiro atoms. The SMILES string of the molecule is COC(=O)[C@@H]1[C@H](c2ccccc2)CCN1C(=O)OC(C)(C)C. The number of hydrogen-bond acceptors (Lipinski definition) is 4. The zero-order valence-corrected chi connectivity index (χ0v) is 13.5. The van der Waals surface area contributed by atoms with Crippen LogP contribution in [0.15, 0.2) is 30.3 Å². The zero-order chi connectivity index (χ0) is 16.3. The van der Waals surface area contributed by atoms with E-state index in [1.165, 1.54) is 12.0 Å². The van der Waals surface area contributed by atoms with Gasteiger partial charge in [-0.15, -0.1) is 0 Å². The molecule has 1 aromatic carbocycles. The molecule has 0 aliphatic carbocycles. The average molecular weight is 305 g/mol. The number of esters is 1. The van der Waals surface area contributed by atoms with E-state index in [4.69, 9.17) is 9.47 Å². The molecule has 1 heterocycles. The van der Waals surface area contributed by atoms with Gasteiger partial charge in [0.05, 0.1) is 7.11 Å². The lowest BCUT2D eigenvalue weighted by molar-refractivity contribution is -0.146. The van der Waals surface area contributed by atoms with Crippen LogP contribution in [0.3, 0.4) is 0 Å². The Hall–Kier alpha value is -2.04. The van der Waals surface area contributed by atoms with Gasteiger partial charge in [-0.25, -0.2) is 9.59 Å². The van der Waals surface area contributed by atoms with Crippen molar-refractivity contribution in [3.63, 3.8) is 0 Å². The van der Waals surface area contributed by atoms with Crippen LogP contribution < -0.4 is 0 Å². The maximum absolute atomic E-state index is 12.4. The first kappa shape index (κ1) is 16.3. The quantitative estimate of drug-likeness (QED) is 0.788. The molecule has 2 rings (SSSR count). The predicted octanol–water partition coefficient (Wildman–Crippen LogP) is 2.95. The fraction of sp³-hybridized carbons (Fsp3) is 0.529. The van der Waals surface area contributed by atoms with Crippen LogP contribution in [-0.4, -0.2) is 42.3 Å². The number of carbonyl (C=O) groups is 2. The van der Waals surface area contributed by atoms with Crippen LogP contribution in [0.2, 0.25) is 0 Å². The topological polar surface area (TPSA) is 55.8 Å². The normalized spacial score (nSPS) is 21.5. The molecule has 5 heteroatoms. The van der Waals surface area contributed by atoms with Crippen molar-refractivity contribution in [2.75, 3.05) is 13.7 Å². The molecule has 0 saturated carbocycles. The largest absolute Gasteiger partial charge is 0.467 e. The van der Waals surface area contributed by atoms with E-state index in [9.17, 15) is 9.59 Å². The fourth-order valence-electron chi connectivity index (χ4n) is 2.78. The molecule has 0 N–H and O–H groups in total. The van der Waals surface area contributed by atoms with Crippen LogP contribution in [0, 0.1) is 0 Å². The van der Waals surface area contributed by atoms with Gasteiger partial charge >= 0.3 is 12.1 Å². The first-order valence-corrected chi connectivity index (χ1v) is 7.46. The lowest BCUT2D eigenvalue weighted by Crippen LogP contribution is -2.45. The second kappa shape index (κ2) is 6.38. The molecule has 0 unspecified atom stereocenters. The van der Waals surface area contributed by atoms with E-state index in [-0.39, 0.29) is 5.92 Å². The Morgan fingerprint density at radius 2 is 1.82 bits per heavy atom. The lowest BCUT2D eigenvalue weighted by Gasteiger charge is -2.29. The number of nitrogens with zero attached hydrogens (tertiary/aromatic N) is 1. The molecule has 1 amide bonds. The molecular formula is C17H23NO4. The summed E-state index contributed by atoms with van der Waals surface area (Å²) < 4.78 is 10.3. The number of carbonyl (C=O) groups excluding carboxylic acids is 2. The summed E-state index contributed by atoms with van der Waals surface area (Å²) in [6.45, 7) is 5.91. The van der Waals surface area contributed by atoms with Crippen molar-refractivity contribution in [1.82, 2.24) is 4.90 Å². The molecule has 0 radical (unpaired) electrons. The minimum Gasteiger partial charge on any atom is -0.467 e. The second-order valence-electron chi connectivity index (χ2n) is 6.45. The Morgan fingerprint density at radius 1 is 1.18 bits per heavy atom. The third kappa shape index (κ3) is 3.59. The number of methoxy groups -OCH3 is 1. The van der Waals surface area contributed by atoms with Crippen molar-refractivity contribution in [2.24, 2.45) is 0 Å². The zero-order valence-electron chi connectivity index (χ0n) is 13.5. The van der Waals surface area contributed by atoms with Crippen molar-refractivity contribution < 1.29 is 19.1 Å². The van der Waals surface area contributed by atoms with E-state index < -0.39 is 23.7 Å². The van der Waals surface area contributed by atoms with Gasteiger partial charge in [-0.3, -0.25) is 4.90 Å². The summed E-state index contributed by atoms with van der Waals surface area (Å²) >= 11 is 0. The van der Waals surface area contributed by atoms with Crippen LogP contribution in [0.5, 0.6) is 0 Å². The smallest absolute Gasteiger partial charge is 0.411 e. The highest BCUT2D eigenvalue weighted by Gasteiger charge is 2.44. The van der Waals surface area contributed by atoms with E-state index in [0.29, 0.717) is 13.0 Å². The highest BCUT2D eigenvalue weighted by molar-refractivity contribution is 5.83. The highest BCUT2D eigenvalue weighted by Crippen LogP contribution is 2.35. The minimum absolute atomic E-state index is 0.0684. The molecule has 1 aliphatic heterocycles. The molecule has 1 saturated heterocycles. The van der Waals surface area contributed by atoms with E-state index in [1.54, 1.807) is 0 Å². The fourth-order valence-corrected chi connectivity index (χ4v) is 2.78. The van der Waals surface area contributed by atoms with Gasteiger partial charge in [0.2, 0.25) is 0 Å². The number of ether oxygens (including phenoxy) is 2. The van der Waals surface area contributed by atoms with Crippen LogP contribution in [0.1, 0.15) is 38.7 Å². The standard InChI is InChI=1S/C17H23NO4/c1-17(2,3)22-16(20)18-11-10-13(14(18)15(19)21-4)12-8-6-5-7-9-12/h5-9,13-14H,10-11H2,1-4H3/t13-,14-/m0/s1. The molecular weight excluding hydrogens is 282 g/mol. The molecule has 22 heavy (non-hydrogen) atoms. The van der Waals surface area contributed by atoms with Gasteiger partial charge < -0.3 is 9.47 Å². The summed E-state index contributed by atoms with van der Waals surface area (Å²) in [6, 6.07) is 9.09. The molecule has 0 bridgehead atoms. The molecule has 1 fully saturated rings. The Balaban J connectivity index is 2.25. The Kier molecular flexibility index (Phi) is 4.74. The number of likely N-dealkylation sites (tertiary alicyclic amines) is 1. The van der Waals surface area contributed by atoms with E-state index in [0.717, 1.165) is 5.56 Å². The summed E-state index contributed by atoms with van der Waals surface area (Å²) in [5.41, 5.74) is 0.437. The molecule has 1 aromatic rings. The van der Waals surface area contributed by atoms with E-state index in [1.807, 2.05) is 51.1 Å².